The molecule has 0 fully saturated rings. The summed E-state index contributed by atoms with van der Waals surface area (Å²) in [6.45, 7) is 1.94. The highest BCUT2D eigenvalue weighted by Crippen LogP contribution is 2.25. The van der Waals surface area contributed by atoms with Crippen molar-refractivity contribution in [3.63, 3.8) is 0 Å². The van der Waals surface area contributed by atoms with Gasteiger partial charge in [0.15, 0.2) is 0 Å². The molecule has 0 aliphatic carbocycles. The Morgan fingerprint density at radius 3 is 2.35 bits per heavy atom. The molecule has 2 rings (SSSR count). The molecule has 0 amide bonds. The minimum Gasteiger partial charge on any atom is -0.508 e. The molecule has 2 aromatic rings. The van der Waals surface area contributed by atoms with Gasteiger partial charge in [0.2, 0.25) is 0 Å². The van der Waals surface area contributed by atoms with E-state index >= 15 is 0 Å². The zero-order valence-electron chi connectivity index (χ0n) is 10.9. The van der Waals surface area contributed by atoms with Gasteiger partial charge in [0.05, 0.1) is 0 Å². The van der Waals surface area contributed by atoms with Crippen LogP contribution in [0.1, 0.15) is 24.1 Å². The molecule has 0 radical (unpaired) electrons. The van der Waals surface area contributed by atoms with E-state index in [2.05, 4.69) is 5.32 Å². The van der Waals surface area contributed by atoms with Crippen molar-refractivity contribution in [2.45, 2.75) is 19.5 Å². The average Bonchev–Trinajstić information content (AvgIpc) is 2.38. The zero-order valence-corrected chi connectivity index (χ0v) is 10.9. The topological polar surface area (TPSA) is 52.5 Å². The molecule has 0 saturated heterocycles. The predicted molar refractivity (Wildman–Crippen MR) is 71.4 cm³/mol. The Hall–Kier alpha value is -2.14. The summed E-state index contributed by atoms with van der Waals surface area (Å²) in [4.78, 5) is 0. The molecular weight excluding hydrogens is 264 g/mol. The largest absolute Gasteiger partial charge is 0.508 e. The van der Waals surface area contributed by atoms with E-state index in [4.69, 9.17) is 0 Å². The average molecular weight is 279 g/mol. The summed E-state index contributed by atoms with van der Waals surface area (Å²) in [5.74, 6) is -1.08. The molecule has 3 nitrogen and oxygen atoms in total. The number of hydrogen-bond donors (Lipinski definition) is 3. The van der Waals surface area contributed by atoms with Crippen LogP contribution in [-0.2, 0) is 6.54 Å². The first-order chi connectivity index (χ1) is 9.45. The first-order valence-corrected chi connectivity index (χ1v) is 6.16. The lowest BCUT2D eigenvalue weighted by Crippen LogP contribution is -2.18. The fraction of sp³-hybridized carbons (Fsp3) is 0.200. The predicted octanol–water partition coefficient (Wildman–Crippen LogP) is 3.23. The summed E-state index contributed by atoms with van der Waals surface area (Å²) in [5, 5.41) is 21.8. The fourth-order valence-electron chi connectivity index (χ4n) is 1.93. The van der Waals surface area contributed by atoms with E-state index in [0.29, 0.717) is 5.56 Å². The Balaban J connectivity index is 2.08. The zero-order chi connectivity index (χ0) is 14.7. The van der Waals surface area contributed by atoms with Crippen LogP contribution in [0.15, 0.2) is 36.4 Å². The van der Waals surface area contributed by atoms with Gasteiger partial charge in [-0.05, 0) is 42.8 Å². The minimum atomic E-state index is -0.495. The van der Waals surface area contributed by atoms with Gasteiger partial charge >= 0.3 is 0 Å². The molecule has 20 heavy (non-hydrogen) atoms. The van der Waals surface area contributed by atoms with Crippen LogP contribution < -0.4 is 5.32 Å². The van der Waals surface area contributed by atoms with E-state index < -0.39 is 11.6 Å². The van der Waals surface area contributed by atoms with Gasteiger partial charge in [-0.2, -0.15) is 0 Å². The normalized spacial score (nSPS) is 12.3. The smallest absolute Gasteiger partial charge is 0.127 e. The third-order valence-electron chi connectivity index (χ3n) is 3.03. The van der Waals surface area contributed by atoms with E-state index in [1.807, 2.05) is 0 Å². The van der Waals surface area contributed by atoms with E-state index in [-0.39, 0.29) is 29.6 Å². The Labute approximate surface area is 115 Å². The van der Waals surface area contributed by atoms with Crippen LogP contribution in [0.2, 0.25) is 0 Å². The number of aromatic hydroxyl groups is 2. The van der Waals surface area contributed by atoms with Crippen molar-refractivity contribution in [1.82, 2.24) is 5.32 Å². The number of phenolic OH excluding ortho intramolecular Hbond substituents is 2. The summed E-state index contributed by atoms with van der Waals surface area (Å²) in [7, 11) is 0. The molecule has 0 aliphatic rings. The number of phenols is 2. The van der Waals surface area contributed by atoms with Crippen molar-refractivity contribution in [2.75, 3.05) is 0 Å². The van der Waals surface area contributed by atoms with E-state index in [9.17, 15) is 19.0 Å². The molecule has 5 heteroatoms. The first kappa shape index (κ1) is 14.3. The number of halogens is 2. The van der Waals surface area contributed by atoms with Gasteiger partial charge in [-0.3, -0.25) is 0 Å². The first-order valence-electron chi connectivity index (χ1n) is 6.16. The maximum absolute atomic E-state index is 13.5. The van der Waals surface area contributed by atoms with Crippen LogP contribution in [0.5, 0.6) is 11.5 Å². The second-order valence-electron chi connectivity index (χ2n) is 4.62. The van der Waals surface area contributed by atoms with Gasteiger partial charge in [-0.15, -0.1) is 0 Å². The lowest BCUT2D eigenvalue weighted by atomic mass is 10.1. The van der Waals surface area contributed by atoms with Crippen LogP contribution in [0, 0.1) is 11.6 Å². The summed E-state index contributed by atoms with van der Waals surface area (Å²) in [6, 6.07) is 7.26. The number of rotatable bonds is 4. The van der Waals surface area contributed by atoms with Gasteiger partial charge in [0.1, 0.15) is 23.1 Å². The minimum absolute atomic E-state index is 0.0504. The maximum Gasteiger partial charge on any atom is 0.127 e. The second-order valence-corrected chi connectivity index (χ2v) is 4.62. The van der Waals surface area contributed by atoms with Crippen molar-refractivity contribution < 1.29 is 19.0 Å². The summed E-state index contributed by atoms with van der Waals surface area (Å²) < 4.78 is 26.5. The molecule has 0 spiro atoms. The van der Waals surface area contributed by atoms with Crippen molar-refractivity contribution in [1.29, 1.82) is 0 Å². The Bertz CT molecular complexity index is 597. The lowest BCUT2D eigenvalue weighted by Gasteiger charge is -2.15. The molecule has 1 unspecified atom stereocenters. The molecular formula is C15H15F2NO2. The third kappa shape index (κ3) is 3.45. The molecule has 0 saturated carbocycles. The Kier molecular flexibility index (Phi) is 4.20. The van der Waals surface area contributed by atoms with Crippen LogP contribution in [-0.4, -0.2) is 10.2 Å². The van der Waals surface area contributed by atoms with E-state index in [1.54, 1.807) is 6.92 Å². The molecule has 1 atom stereocenters. The highest BCUT2D eigenvalue weighted by molar-refractivity contribution is 5.38. The summed E-state index contributed by atoms with van der Waals surface area (Å²) >= 11 is 0. The highest BCUT2D eigenvalue weighted by atomic mass is 19.1. The number of hydrogen-bond acceptors (Lipinski definition) is 3. The van der Waals surface area contributed by atoms with Crippen molar-refractivity contribution in [3.05, 3.63) is 59.2 Å². The van der Waals surface area contributed by atoms with Gasteiger partial charge in [0.25, 0.3) is 0 Å². The molecule has 0 aromatic heterocycles. The second kappa shape index (κ2) is 5.88. The van der Waals surface area contributed by atoms with E-state index in [0.717, 1.165) is 18.2 Å². The Morgan fingerprint density at radius 1 is 1.05 bits per heavy atom. The van der Waals surface area contributed by atoms with Gasteiger partial charge in [-0.25, -0.2) is 8.78 Å². The summed E-state index contributed by atoms with van der Waals surface area (Å²) in [5.41, 5.74) is 0.875. The van der Waals surface area contributed by atoms with Gasteiger partial charge in [0, 0.05) is 24.2 Å². The van der Waals surface area contributed by atoms with Crippen LogP contribution >= 0.6 is 0 Å². The highest BCUT2D eigenvalue weighted by Gasteiger charge is 2.10. The molecule has 106 valence electrons. The molecule has 0 aliphatic heterocycles. The summed E-state index contributed by atoms with van der Waals surface area (Å²) in [6.07, 6.45) is 0. The van der Waals surface area contributed by atoms with Crippen LogP contribution in [0.4, 0.5) is 8.78 Å². The van der Waals surface area contributed by atoms with E-state index in [1.165, 1.54) is 18.2 Å². The molecule has 0 bridgehead atoms. The van der Waals surface area contributed by atoms with Gasteiger partial charge in [-0.1, -0.05) is 0 Å². The molecule has 2 aromatic carbocycles. The van der Waals surface area contributed by atoms with Crippen LogP contribution in [0.25, 0.3) is 0 Å². The molecule has 3 N–H and O–H groups in total. The van der Waals surface area contributed by atoms with Crippen LogP contribution in [0.3, 0.4) is 0 Å². The van der Waals surface area contributed by atoms with Crippen molar-refractivity contribution in [3.8, 4) is 11.5 Å². The maximum atomic E-state index is 13.5. The third-order valence-corrected chi connectivity index (χ3v) is 3.03. The SMILES string of the molecule is CC(NCc1cc(F)ccc1F)c1cc(O)cc(O)c1. The van der Waals surface area contributed by atoms with Crippen molar-refractivity contribution >= 4 is 0 Å². The van der Waals surface area contributed by atoms with Gasteiger partial charge < -0.3 is 15.5 Å². The number of nitrogens with one attached hydrogen (secondary N) is 1. The fourth-order valence-corrected chi connectivity index (χ4v) is 1.93. The number of benzene rings is 2. The monoisotopic (exact) mass is 279 g/mol. The lowest BCUT2D eigenvalue weighted by molar-refractivity contribution is 0.445. The Morgan fingerprint density at radius 2 is 1.70 bits per heavy atom. The molecule has 0 heterocycles. The van der Waals surface area contributed by atoms with Crippen molar-refractivity contribution in [2.24, 2.45) is 0 Å². The quantitative estimate of drug-likeness (QED) is 0.805. The standard InChI is InChI=1S/C15H15F2NO2/c1-9(10-5-13(19)7-14(20)6-10)18-8-11-4-12(16)2-3-15(11)17/h2-7,9,18-20H,8H2,1H3.